The first kappa shape index (κ1) is 14.1. The van der Waals surface area contributed by atoms with Gasteiger partial charge >= 0.3 is 0 Å². The fourth-order valence-corrected chi connectivity index (χ4v) is 2.92. The zero-order valence-electron chi connectivity index (χ0n) is 10.0. The number of nitrogens with one attached hydrogen (secondary N) is 1. The molecule has 1 fully saturated rings. The minimum absolute atomic E-state index is 0.0957. The summed E-state index contributed by atoms with van der Waals surface area (Å²) < 4.78 is 19.5. The Morgan fingerprint density at radius 1 is 1.39 bits per heavy atom. The summed E-state index contributed by atoms with van der Waals surface area (Å²) in [7, 11) is 0. The molecule has 1 aliphatic carbocycles. The van der Waals surface area contributed by atoms with Gasteiger partial charge in [-0.3, -0.25) is 0 Å². The number of halogens is 3. The highest BCUT2D eigenvalue weighted by Crippen LogP contribution is 2.30. The third-order valence-corrected chi connectivity index (χ3v) is 4.03. The van der Waals surface area contributed by atoms with Crippen LogP contribution in [0.1, 0.15) is 25.7 Å². The van der Waals surface area contributed by atoms with E-state index in [4.69, 9.17) is 16.3 Å². The summed E-state index contributed by atoms with van der Waals surface area (Å²) in [6, 6.07) is 3.44. The lowest BCUT2D eigenvalue weighted by atomic mass is 10.2. The van der Waals surface area contributed by atoms with E-state index in [9.17, 15) is 4.39 Å². The molecule has 0 heterocycles. The summed E-state index contributed by atoms with van der Waals surface area (Å²) in [6.45, 7) is 1.30. The van der Waals surface area contributed by atoms with Crippen molar-refractivity contribution in [3.63, 3.8) is 0 Å². The second-order valence-corrected chi connectivity index (χ2v) is 5.74. The quantitative estimate of drug-likeness (QED) is 0.644. The molecule has 100 valence electrons. The fraction of sp³-hybridized carbons (Fsp3) is 0.538. The number of rotatable bonds is 5. The highest BCUT2D eigenvalue weighted by Gasteiger charge is 2.13. The van der Waals surface area contributed by atoms with E-state index in [1.165, 1.54) is 37.8 Å². The first-order valence-electron chi connectivity index (χ1n) is 6.17. The van der Waals surface area contributed by atoms with E-state index in [0.29, 0.717) is 22.9 Å². The van der Waals surface area contributed by atoms with Gasteiger partial charge in [-0.15, -0.1) is 0 Å². The lowest BCUT2D eigenvalue weighted by Crippen LogP contribution is -2.30. The molecule has 0 amide bonds. The monoisotopic (exact) mass is 335 g/mol. The van der Waals surface area contributed by atoms with Crippen molar-refractivity contribution in [2.45, 2.75) is 31.7 Å². The molecule has 1 N–H and O–H groups in total. The molecule has 0 aromatic heterocycles. The lowest BCUT2D eigenvalue weighted by Gasteiger charge is -2.13. The van der Waals surface area contributed by atoms with Crippen LogP contribution in [0.15, 0.2) is 16.6 Å². The Balaban J connectivity index is 1.77. The highest BCUT2D eigenvalue weighted by atomic mass is 79.9. The predicted octanol–water partition coefficient (Wildman–Crippen LogP) is 4.15. The minimum Gasteiger partial charge on any atom is -0.491 e. The molecule has 0 radical (unpaired) electrons. The van der Waals surface area contributed by atoms with E-state index in [-0.39, 0.29) is 5.02 Å². The Kier molecular flexibility index (Phi) is 5.27. The Labute approximate surface area is 120 Å². The Morgan fingerprint density at radius 2 is 2.11 bits per heavy atom. The summed E-state index contributed by atoms with van der Waals surface area (Å²) in [5, 5.41) is 3.53. The molecule has 1 aliphatic rings. The van der Waals surface area contributed by atoms with Crippen LogP contribution < -0.4 is 10.1 Å². The molecular formula is C13H16BrClFNO. The van der Waals surface area contributed by atoms with Crippen molar-refractivity contribution in [3.8, 4) is 5.75 Å². The van der Waals surface area contributed by atoms with Gasteiger partial charge in [-0.25, -0.2) is 4.39 Å². The Morgan fingerprint density at radius 3 is 2.83 bits per heavy atom. The molecule has 5 heteroatoms. The van der Waals surface area contributed by atoms with Gasteiger partial charge in [-0.1, -0.05) is 24.4 Å². The number of benzene rings is 1. The van der Waals surface area contributed by atoms with Crippen molar-refractivity contribution < 1.29 is 9.13 Å². The molecule has 1 aromatic rings. The van der Waals surface area contributed by atoms with Gasteiger partial charge in [0.1, 0.15) is 18.2 Å². The predicted molar refractivity (Wildman–Crippen MR) is 74.9 cm³/mol. The van der Waals surface area contributed by atoms with Gasteiger partial charge < -0.3 is 10.1 Å². The summed E-state index contributed by atoms with van der Waals surface area (Å²) in [5.41, 5.74) is 0. The topological polar surface area (TPSA) is 21.3 Å². The zero-order chi connectivity index (χ0) is 13.0. The van der Waals surface area contributed by atoms with Crippen molar-refractivity contribution in [2.24, 2.45) is 0 Å². The summed E-state index contributed by atoms with van der Waals surface area (Å²) in [4.78, 5) is 0. The average Bonchev–Trinajstić information content (AvgIpc) is 2.84. The molecule has 0 aliphatic heterocycles. The van der Waals surface area contributed by atoms with Gasteiger partial charge in [-0.05, 0) is 34.8 Å². The molecule has 0 bridgehead atoms. The molecule has 18 heavy (non-hydrogen) atoms. The summed E-state index contributed by atoms with van der Waals surface area (Å²) in [5.74, 6) is 0.0312. The summed E-state index contributed by atoms with van der Waals surface area (Å²) in [6.07, 6.45) is 5.12. The van der Waals surface area contributed by atoms with Crippen molar-refractivity contribution in [1.29, 1.82) is 0 Å². The second kappa shape index (κ2) is 6.73. The minimum atomic E-state index is -0.460. The van der Waals surface area contributed by atoms with Crippen molar-refractivity contribution in [3.05, 3.63) is 27.4 Å². The van der Waals surface area contributed by atoms with Crippen molar-refractivity contribution in [1.82, 2.24) is 5.32 Å². The van der Waals surface area contributed by atoms with Crippen LogP contribution in [0.2, 0.25) is 5.02 Å². The number of ether oxygens (including phenoxy) is 1. The number of hydrogen-bond donors (Lipinski definition) is 1. The molecule has 1 aromatic carbocycles. The van der Waals surface area contributed by atoms with Crippen LogP contribution in [0.3, 0.4) is 0 Å². The molecule has 0 spiro atoms. The maximum Gasteiger partial charge on any atom is 0.145 e. The largest absolute Gasteiger partial charge is 0.491 e. The van der Waals surface area contributed by atoms with Crippen molar-refractivity contribution >= 4 is 27.5 Å². The van der Waals surface area contributed by atoms with Gasteiger partial charge in [0.05, 0.1) is 9.50 Å². The van der Waals surface area contributed by atoms with Crippen LogP contribution in [0, 0.1) is 5.82 Å². The van der Waals surface area contributed by atoms with Gasteiger partial charge in [0, 0.05) is 18.7 Å². The van der Waals surface area contributed by atoms with E-state index in [2.05, 4.69) is 21.2 Å². The molecular weight excluding hydrogens is 321 g/mol. The van der Waals surface area contributed by atoms with Crippen LogP contribution in [-0.2, 0) is 0 Å². The van der Waals surface area contributed by atoms with Crippen LogP contribution in [0.5, 0.6) is 5.75 Å². The highest BCUT2D eigenvalue weighted by molar-refractivity contribution is 9.10. The summed E-state index contributed by atoms with van der Waals surface area (Å²) >= 11 is 8.96. The normalized spacial score (nSPS) is 16.2. The van der Waals surface area contributed by atoms with Crippen LogP contribution in [0.25, 0.3) is 0 Å². The zero-order valence-corrected chi connectivity index (χ0v) is 12.4. The molecule has 0 saturated heterocycles. The SMILES string of the molecule is Fc1cc(OCCNC2CCCC2)c(Br)cc1Cl. The van der Waals surface area contributed by atoms with Gasteiger partial charge in [0.25, 0.3) is 0 Å². The fourth-order valence-electron chi connectivity index (χ4n) is 2.17. The Bertz CT molecular complexity index is 410. The molecule has 1 saturated carbocycles. The standard InChI is InChI=1S/C13H16BrClFNO/c14-10-7-11(15)12(16)8-13(10)18-6-5-17-9-3-1-2-4-9/h7-9,17H,1-6H2. The van der Waals surface area contributed by atoms with E-state index in [0.717, 1.165) is 6.54 Å². The maximum absolute atomic E-state index is 13.3. The maximum atomic E-state index is 13.3. The van der Waals surface area contributed by atoms with E-state index in [1.807, 2.05) is 0 Å². The van der Waals surface area contributed by atoms with Crippen LogP contribution in [-0.4, -0.2) is 19.2 Å². The average molecular weight is 337 g/mol. The van der Waals surface area contributed by atoms with Gasteiger partial charge in [-0.2, -0.15) is 0 Å². The molecule has 2 nitrogen and oxygen atoms in total. The van der Waals surface area contributed by atoms with E-state index in [1.54, 1.807) is 0 Å². The Hall–Kier alpha value is -0.320. The first-order chi connectivity index (χ1) is 8.66. The third kappa shape index (κ3) is 3.84. The van der Waals surface area contributed by atoms with E-state index < -0.39 is 5.82 Å². The lowest BCUT2D eigenvalue weighted by molar-refractivity contribution is 0.302. The third-order valence-electron chi connectivity index (χ3n) is 3.12. The first-order valence-corrected chi connectivity index (χ1v) is 7.34. The van der Waals surface area contributed by atoms with Gasteiger partial charge in [0.15, 0.2) is 0 Å². The smallest absolute Gasteiger partial charge is 0.145 e. The number of hydrogen-bond acceptors (Lipinski definition) is 2. The molecule has 2 rings (SSSR count). The molecule has 0 atom stereocenters. The van der Waals surface area contributed by atoms with Crippen LogP contribution >= 0.6 is 27.5 Å². The van der Waals surface area contributed by atoms with E-state index >= 15 is 0 Å². The second-order valence-electron chi connectivity index (χ2n) is 4.48. The van der Waals surface area contributed by atoms with Crippen LogP contribution in [0.4, 0.5) is 4.39 Å². The van der Waals surface area contributed by atoms with Gasteiger partial charge in [0.2, 0.25) is 0 Å². The molecule has 0 unspecified atom stereocenters. The van der Waals surface area contributed by atoms with Crippen molar-refractivity contribution in [2.75, 3.05) is 13.2 Å².